The fourth-order valence-corrected chi connectivity index (χ4v) is 4.46. The molecule has 0 unspecified atom stereocenters. The number of carbonyl (C=O) groups excluding carboxylic acids is 3. The van der Waals surface area contributed by atoms with Crippen LogP contribution in [0.1, 0.15) is 38.1 Å². The van der Waals surface area contributed by atoms with Crippen LogP contribution in [0.25, 0.3) is 0 Å². The second-order valence-electron chi connectivity index (χ2n) is 7.44. The van der Waals surface area contributed by atoms with Crippen LogP contribution < -0.4 is 9.64 Å². The van der Waals surface area contributed by atoms with E-state index in [0.29, 0.717) is 23.6 Å². The number of nitrogens with zero attached hydrogens (tertiary/aromatic N) is 1. The fourth-order valence-electron chi connectivity index (χ4n) is 4.46. The summed E-state index contributed by atoms with van der Waals surface area (Å²) in [4.78, 5) is 39.4. The predicted octanol–water partition coefficient (Wildman–Crippen LogP) is 2.51. The topological polar surface area (TPSA) is 72.9 Å². The number of hydrogen-bond donors (Lipinski definition) is 0. The molecule has 6 heteroatoms. The molecule has 4 atom stereocenters. The van der Waals surface area contributed by atoms with E-state index >= 15 is 0 Å². The largest absolute Gasteiger partial charge is 0.492 e. The molecule has 0 saturated carbocycles. The number of benzene rings is 1. The SMILES string of the molecule is CCOc1ccc(C(C)=O)cc1N1C(=O)[C@H]2[C@H](C1=O)[C@@]1(C)C=C[C@@]2(C)O1. The number of Topliss-reactive ketones (excluding diaryl/α,β-unsaturated/α-hetero) is 1. The predicted molar refractivity (Wildman–Crippen MR) is 94.1 cm³/mol. The molecule has 0 aliphatic carbocycles. The molecular formula is C20H21NO5. The number of hydrogen-bond acceptors (Lipinski definition) is 5. The quantitative estimate of drug-likeness (QED) is 0.471. The van der Waals surface area contributed by atoms with Crippen molar-refractivity contribution in [3.63, 3.8) is 0 Å². The molecule has 0 N–H and O–H groups in total. The molecule has 2 amide bonds. The van der Waals surface area contributed by atoms with Crippen LogP contribution in [0.3, 0.4) is 0 Å². The number of amides is 2. The van der Waals surface area contributed by atoms with Gasteiger partial charge in [0.25, 0.3) is 0 Å². The molecule has 0 spiro atoms. The monoisotopic (exact) mass is 355 g/mol. The first-order valence-electron chi connectivity index (χ1n) is 8.78. The molecule has 6 nitrogen and oxygen atoms in total. The molecule has 0 radical (unpaired) electrons. The number of carbonyl (C=O) groups is 3. The van der Waals surface area contributed by atoms with Gasteiger partial charge in [-0.25, -0.2) is 4.90 Å². The Bertz CT molecular complexity index is 839. The van der Waals surface area contributed by atoms with Gasteiger partial charge in [-0.15, -0.1) is 0 Å². The minimum atomic E-state index is -0.787. The number of ether oxygens (including phenoxy) is 2. The van der Waals surface area contributed by atoms with Crippen LogP contribution in [0.5, 0.6) is 5.75 Å². The van der Waals surface area contributed by atoms with Crippen LogP contribution in [0.2, 0.25) is 0 Å². The highest BCUT2D eigenvalue weighted by molar-refractivity contribution is 6.24. The summed E-state index contributed by atoms with van der Waals surface area (Å²) in [6, 6.07) is 4.84. The molecule has 3 heterocycles. The molecule has 1 aromatic rings. The van der Waals surface area contributed by atoms with E-state index in [1.165, 1.54) is 11.8 Å². The van der Waals surface area contributed by atoms with Crippen LogP contribution in [0.4, 0.5) is 5.69 Å². The average Bonchev–Trinajstić information content (AvgIpc) is 3.12. The second kappa shape index (κ2) is 5.27. The van der Waals surface area contributed by atoms with E-state index in [9.17, 15) is 14.4 Å². The minimum Gasteiger partial charge on any atom is -0.492 e. The lowest BCUT2D eigenvalue weighted by Crippen LogP contribution is -2.39. The molecule has 26 heavy (non-hydrogen) atoms. The van der Waals surface area contributed by atoms with Gasteiger partial charge in [0.1, 0.15) is 5.75 Å². The molecule has 0 aromatic heterocycles. The Morgan fingerprint density at radius 1 is 1.15 bits per heavy atom. The van der Waals surface area contributed by atoms with Gasteiger partial charge in [0.2, 0.25) is 11.8 Å². The Kier molecular flexibility index (Phi) is 3.44. The summed E-state index contributed by atoms with van der Waals surface area (Å²) in [5, 5.41) is 0. The van der Waals surface area contributed by atoms with E-state index in [4.69, 9.17) is 9.47 Å². The molecule has 3 aliphatic rings. The molecule has 3 aliphatic heterocycles. The number of ketones is 1. The third-order valence-corrected chi connectivity index (χ3v) is 5.63. The van der Waals surface area contributed by atoms with Crippen molar-refractivity contribution in [3.8, 4) is 5.75 Å². The van der Waals surface area contributed by atoms with Crippen molar-refractivity contribution in [2.45, 2.75) is 38.9 Å². The van der Waals surface area contributed by atoms with Crippen LogP contribution in [0, 0.1) is 11.8 Å². The average molecular weight is 355 g/mol. The van der Waals surface area contributed by atoms with Gasteiger partial charge in [0.05, 0.1) is 35.3 Å². The highest BCUT2D eigenvalue weighted by atomic mass is 16.5. The maximum atomic E-state index is 13.2. The minimum absolute atomic E-state index is 0.141. The summed E-state index contributed by atoms with van der Waals surface area (Å²) >= 11 is 0. The van der Waals surface area contributed by atoms with Gasteiger partial charge < -0.3 is 9.47 Å². The van der Waals surface area contributed by atoms with Crippen LogP contribution in [-0.4, -0.2) is 35.4 Å². The molecule has 2 bridgehead atoms. The first-order chi connectivity index (χ1) is 12.2. The zero-order valence-electron chi connectivity index (χ0n) is 15.2. The van der Waals surface area contributed by atoms with Crippen molar-refractivity contribution in [2.75, 3.05) is 11.5 Å². The molecule has 4 rings (SSSR count). The van der Waals surface area contributed by atoms with Crippen molar-refractivity contribution in [1.82, 2.24) is 0 Å². The van der Waals surface area contributed by atoms with Crippen LogP contribution in [0.15, 0.2) is 30.4 Å². The Morgan fingerprint density at radius 2 is 1.73 bits per heavy atom. The Morgan fingerprint density at radius 3 is 2.23 bits per heavy atom. The maximum Gasteiger partial charge on any atom is 0.241 e. The summed E-state index contributed by atoms with van der Waals surface area (Å²) in [6.45, 7) is 7.33. The van der Waals surface area contributed by atoms with E-state index in [0.717, 1.165) is 0 Å². The van der Waals surface area contributed by atoms with Crippen molar-refractivity contribution >= 4 is 23.3 Å². The zero-order valence-corrected chi connectivity index (χ0v) is 15.2. The number of rotatable bonds is 4. The van der Waals surface area contributed by atoms with Gasteiger partial charge in [0.15, 0.2) is 5.78 Å². The molecule has 2 fully saturated rings. The van der Waals surface area contributed by atoms with Crippen molar-refractivity contribution < 1.29 is 23.9 Å². The standard InChI is InChI=1S/C20H21NO5/c1-5-25-14-7-6-12(11(2)22)10-13(14)21-17(23)15-16(18(21)24)20(4)9-8-19(15,3)26-20/h6-10,15-16H,5H2,1-4H3/t15-,16-,19-,20-/m1/s1. The van der Waals surface area contributed by atoms with Crippen molar-refractivity contribution in [3.05, 3.63) is 35.9 Å². The second-order valence-corrected chi connectivity index (χ2v) is 7.44. The normalized spacial score (nSPS) is 34.5. The summed E-state index contributed by atoms with van der Waals surface area (Å²) in [5.41, 5.74) is -0.818. The molecule has 136 valence electrons. The third-order valence-electron chi connectivity index (χ3n) is 5.63. The van der Waals surface area contributed by atoms with E-state index in [-0.39, 0.29) is 17.6 Å². The summed E-state index contributed by atoms with van der Waals surface area (Å²) in [7, 11) is 0. The van der Waals surface area contributed by atoms with Gasteiger partial charge in [-0.05, 0) is 45.9 Å². The highest BCUT2D eigenvalue weighted by Crippen LogP contribution is 2.58. The lowest BCUT2D eigenvalue weighted by molar-refractivity contribution is -0.128. The van der Waals surface area contributed by atoms with Gasteiger partial charge >= 0.3 is 0 Å². The van der Waals surface area contributed by atoms with Crippen molar-refractivity contribution in [2.24, 2.45) is 11.8 Å². The highest BCUT2D eigenvalue weighted by Gasteiger charge is 2.70. The first-order valence-corrected chi connectivity index (χ1v) is 8.78. The number of imide groups is 1. The number of anilines is 1. The van der Waals surface area contributed by atoms with Gasteiger partial charge in [-0.3, -0.25) is 14.4 Å². The zero-order chi connectivity index (χ0) is 18.9. The van der Waals surface area contributed by atoms with E-state index in [2.05, 4.69) is 0 Å². The third kappa shape index (κ3) is 2.05. The molecule has 2 saturated heterocycles. The summed E-state index contributed by atoms with van der Waals surface area (Å²) in [6.07, 6.45) is 3.75. The Hall–Kier alpha value is -2.47. The van der Waals surface area contributed by atoms with Gasteiger partial charge in [-0.1, -0.05) is 12.2 Å². The van der Waals surface area contributed by atoms with Crippen LogP contribution in [-0.2, 0) is 14.3 Å². The van der Waals surface area contributed by atoms with E-state index < -0.39 is 23.0 Å². The molecule has 1 aromatic carbocycles. The first kappa shape index (κ1) is 17.0. The lowest BCUT2D eigenvalue weighted by atomic mass is 9.73. The van der Waals surface area contributed by atoms with Gasteiger partial charge in [0, 0.05) is 5.56 Å². The number of fused-ring (bicyclic) bond motifs is 5. The van der Waals surface area contributed by atoms with Crippen molar-refractivity contribution in [1.29, 1.82) is 0 Å². The van der Waals surface area contributed by atoms with E-state index in [1.54, 1.807) is 18.2 Å². The summed E-state index contributed by atoms with van der Waals surface area (Å²) < 4.78 is 11.6. The summed E-state index contributed by atoms with van der Waals surface area (Å²) in [5.74, 6) is -1.48. The van der Waals surface area contributed by atoms with E-state index in [1.807, 2.05) is 32.9 Å². The Labute approximate surface area is 151 Å². The Balaban J connectivity index is 1.83. The maximum absolute atomic E-state index is 13.2. The fraction of sp³-hybridized carbons (Fsp3) is 0.450. The van der Waals surface area contributed by atoms with Gasteiger partial charge in [-0.2, -0.15) is 0 Å². The molecular weight excluding hydrogens is 334 g/mol. The smallest absolute Gasteiger partial charge is 0.241 e. The van der Waals surface area contributed by atoms with Crippen LogP contribution >= 0.6 is 0 Å². The lowest BCUT2D eigenvalue weighted by Gasteiger charge is -2.26.